The fraction of sp³-hybridized carbons (Fsp3) is 0.391. The molecule has 2 aliphatic heterocycles. The Balaban J connectivity index is 1.31. The first kappa shape index (κ1) is 24.0. The van der Waals surface area contributed by atoms with Crippen LogP contribution in [-0.2, 0) is 14.4 Å². The van der Waals surface area contributed by atoms with Gasteiger partial charge in [0, 0.05) is 49.4 Å². The van der Waals surface area contributed by atoms with Crippen LogP contribution in [0.15, 0.2) is 51.6 Å². The number of benzene rings is 1. The second-order valence-electron chi connectivity index (χ2n) is 8.20. The molecule has 2 fully saturated rings. The molecule has 0 bridgehead atoms. The normalized spacial score (nSPS) is 19.0. The zero-order chi connectivity index (χ0) is 24.1. The number of nitrogens with zero attached hydrogens (tertiary/aromatic N) is 3. The predicted molar refractivity (Wildman–Crippen MR) is 127 cm³/mol. The van der Waals surface area contributed by atoms with E-state index in [-0.39, 0.29) is 36.6 Å². The number of anilines is 1. The Kier molecular flexibility index (Phi) is 7.63. The maximum atomic E-state index is 13.1. The minimum Gasteiger partial charge on any atom is -0.459 e. The lowest BCUT2D eigenvalue weighted by atomic mass is 10.1. The molecule has 34 heavy (non-hydrogen) atoms. The molecule has 1 aromatic carbocycles. The molecule has 2 aliphatic rings. The average molecular weight is 532 g/mol. The molecule has 1 aromatic heterocycles. The van der Waals surface area contributed by atoms with Crippen molar-refractivity contribution in [1.82, 2.24) is 20.0 Å². The fourth-order valence-electron chi connectivity index (χ4n) is 4.08. The molecule has 2 saturated heterocycles. The maximum absolute atomic E-state index is 13.1. The van der Waals surface area contributed by atoms with Crippen molar-refractivity contribution in [2.75, 3.05) is 51.1 Å². The highest BCUT2D eigenvalue weighted by Crippen LogP contribution is 2.17. The summed E-state index contributed by atoms with van der Waals surface area (Å²) in [6.07, 6.45) is 1.34. The van der Waals surface area contributed by atoms with Crippen molar-refractivity contribution in [3.05, 3.63) is 52.9 Å². The number of piperazine rings is 2. The molecule has 0 aliphatic carbocycles. The topological polar surface area (TPSA) is 115 Å². The van der Waals surface area contributed by atoms with Crippen molar-refractivity contribution < 1.29 is 23.6 Å². The van der Waals surface area contributed by atoms with E-state index in [1.807, 2.05) is 4.90 Å². The van der Waals surface area contributed by atoms with E-state index in [9.17, 15) is 19.2 Å². The van der Waals surface area contributed by atoms with Crippen LogP contribution in [0.1, 0.15) is 17.0 Å². The highest BCUT2D eigenvalue weighted by Gasteiger charge is 2.35. The quantitative estimate of drug-likeness (QED) is 0.577. The SMILES string of the molecule is O=C(C[C@@H]1C(=O)NCCN1C(=O)CN1CCN(C(=O)c2ccco2)CC1)Nc1ccc(Br)cc1. The van der Waals surface area contributed by atoms with Crippen molar-refractivity contribution in [3.63, 3.8) is 0 Å². The van der Waals surface area contributed by atoms with E-state index in [4.69, 9.17) is 4.42 Å². The second kappa shape index (κ2) is 10.8. The molecule has 4 amide bonds. The smallest absolute Gasteiger partial charge is 0.289 e. The first-order valence-electron chi connectivity index (χ1n) is 11.1. The fourth-order valence-corrected chi connectivity index (χ4v) is 4.35. The number of carbonyl (C=O) groups is 4. The molecule has 1 atom stereocenters. The van der Waals surface area contributed by atoms with Gasteiger partial charge < -0.3 is 24.9 Å². The van der Waals surface area contributed by atoms with Crippen molar-refractivity contribution in [2.24, 2.45) is 0 Å². The van der Waals surface area contributed by atoms with E-state index in [0.29, 0.717) is 50.7 Å². The molecule has 0 spiro atoms. The Morgan fingerprint density at radius 2 is 1.79 bits per heavy atom. The summed E-state index contributed by atoms with van der Waals surface area (Å²) in [5.74, 6) is -0.748. The third-order valence-electron chi connectivity index (χ3n) is 5.91. The van der Waals surface area contributed by atoms with Gasteiger partial charge in [-0.25, -0.2) is 0 Å². The van der Waals surface area contributed by atoms with Gasteiger partial charge in [0.2, 0.25) is 17.7 Å². The molecule has 11 heteroatoms. The summed E-state index contributed by atoms with van der Waals surface area (Å²) >= 11 is 3.35. The molecule has 180 valence electrons. The Bertz CT molecular complexity index is 1030. The maximum Gasteiger partial charge on any atom is 0.289 e. The first-order valence-corrected chi connectivity index (χ1v) is 11.9. The number of carbonyl (C=O) groups excluding carboxylic acids is 4. The molecule has 2 N–H and O–H groups in total. The van der Waals surface area contributed by atoms with E-state index in [1.54, 1.807) is 41.3 Å². The molecule has 3 heterocycles. The van der Waals surface area contributed by atoms with Gasteiger partial charge in [0.15, 0.2) is 5.76 Å². The number of furan rings is 1. The number of nitrogens with one attached hydrogen (secondary N) is 2. The largest absolute Gasteiger partial charge is 0.459 e. The molecular weight excluding hydrogens is 506 g/mol. The average Bonchev–Trinajstić information content (AvgIpc) is 3.37. The van der Waals surface area contributed by atoms with Crippen LogP contribution in [-0.4, -0.2) is 90.2 Å². The van der Waals surface area contributed by atoms with Gasteiger partial charge in [0.05, 0.1) is 19.2 Å². The Hall–Kier alpha value is -3.18. The van der Waals surface area contributed by atoms with Gasteiger partial charge in [0.25, 0.3) is 5.91 Å². The van der Waals surface area contributed by atoms with E-state index in [0.717, 1.165) is 4.47 Å². The van der Waals surface area contributed by atoms with E-state index in [2.05, 4.69) is 26.6 Å². The van der Waals surface area contributed by atoms with Crippen LogP contribution in [0.2, 0.25) is 0 Å². The highest BCUT2D eigenvalue weighted by molar-refractivity contribution is 9.10. The number of hydrogen-bond acceptors (Lipinski definition) is 6. The number of hydrogen-bond donors (Lipinski definition) is 2. The molecule has 10 nitrogen and oxygen atoms in total. The lowest BCUT2D eigenvalue weighted by Gasteiger charge is -2.38. The van der Waals surface area contributed by atoms with Gasteiger partial charge in [-0.3, -0.25) is 24.1 Å². The molecule has 2 aromatic rings. The highest BCUT2D eigenvalue weighted by atomic mass is 79.9. The van der Waals surface area contributed by atoms with Crippen molar-refractivity contribution in [2.45, 2.75) is 12.5 Å². The number of halogens is 1. The molecule has 0 unspecified atom stereocenters. The predicted octanol–water partition coefficient (Wildman–Crippen LogP) is 1.16. The van der Waals surface area contributed by atoms with Crippen LogP contribution in [0.4, 0.5) is 5.69 Å². The van der Waals surface area contributed by atoms with Crippen LogP contribution < -0.4 is 10.6 Å². The summed E-state index contributed by atoms with van der Waals surface area (Å²) in [5.41, 5.74) is 0.615. The zero-order valence-corrected chi connectivity index (χ0v) is 20.1. The molecule has 4 rings (SSSR count). The summed E-state index contributed by atoms with van der Waals surface area (Å²) in [6, 6.07) is 9.56. The lowest BCUT2D eigenvalue weighted by molar-refractivity contribution is -0.145. The monoisotopic (exact) mass is 531 g/mol. The van der Waals surface area contributed by atoms with Crippen molar-refractivity contribution in [1.29, 1.82) is 0 Å². The molecular formula is C23H26BrN5O5. The first-order chi connectivity index (χ1) is 16.4. The van der Waals surface area contributed by atoms with Gasteiger partial charge in [0.1, 0.15) is 6.04 Å². The van der Waals surface area contributed by atoms with E-state index < -0.39 is 6.04 Å². The molecule has 0 radical (unpaired) electrons. The summed E-state index contributed by atoms with van der Waals surface area (Å²) in [4.78, 5) is 55.7. The summed E-state index contributed by atoms with van der Waals surface area (Å²) < 4.78 is 6.07. The second-order valence-corrected chi connectivity index (χ2v) is 9.11. The Morgan fingerprint density at radius 3 is 2.47 bits per heavy atom. The molecule has 0 saturated carbocycles. The summed E-state index contributed by atoms with van der Waals surface area (Å²) in [6.45, 7) is 2.85. The van der Waals surface area contributed by atoms with Crippen LogP contribution in [0.3, 0.4) is 0 Å². The van der Waals surface area contributed by atoms with Crippen molar-refractivity contribution in [3.8, 4) is 0 Å². The van der Waals surface area contributed by atoms with Gasteiger partial charge in [-0.1, -0.05) is 15.9 Å². The van der Waals surface area contributed by atoms with E-state index >= 15 is 0 Å². The third kappa shape index (κ3) is 5.84. The minimum absolute atomic E-state index is 0.126. The Morgan fingerprint density at radius 1 is 1.06 bits per heavy atom. The number of rotatable bonds is 6. The Labute approximate surface area is 205 Å². The minimum atomic E-state index is -0.862. The summed E-state index contributed by atoms with van der Waals surface area (Å²) in [5, 5.41) is 5.51. The van der Waals surface area contributed by atoms with Crippen LogP contribution >= 0.6 is 15.9 Å². The third-order valence-corrected chi connectivity index (χ3v) is 6.44. The van der Waals surface area contributed by atoms with Crippen LogP contribution in [0.5, 0.6) is 0 Å². The number of amides is 4. The summed E-state index contributed by atoms with van der Waals surface area (Å²) in [7, 11) is 0. The van der Waals surface area contributed by atoms with Crippen LogP contribution in [0.25, 0.3) is 0 Å². The van der Waals surface area contributed by atoms with Crippen LogP contribution in [0, 0.1) is 0 Å². The van der Waals surface area contributed by atoms with Gasteiger partial charge in [-0.15, -0.1) is 0 Å². The zero-order valence-electron chi connectivity index (χ0n) is 18.5. The van der Waals surface area contributed by atoms with Gasteiger partial charge in [-0.2, -0.15) is 0 Å². The van der Waals surface area contributed by atoms with Gasteiger partial charge >= 0.3 is 0 Å². The van der Waals surface area contributed by atoms with E-state index in [1.165, 1.54) is 11.2 Å². The van der Waals surface area contributed by atoms with Gasteiger partial charge in [-0.05, 0) is 36.4 Å². The standard InChI is InChI=1S/C23H26BrN5O5/c24-16-3-5-17(6-4-16)26-20(30)14-18-22(32)25-7-8-29(18)21(31)15-27-9-11-28(12-10-27)23(33)19-2-1-13-34-19/h1-6,13,18H,7-12,14-15H2,(H,25,32)(H,26,30)/t18-/m1/s1. The lowest BCUT2D eigenvalue weighted by Crippen LogP contribution is -2.60. The van der Waals surface area contributed by atoms with Crippen molar-refractivity contribution >= 4 is 45.2 Å².